The van der Waals surface area contributed by atoms with Crippen LogP contribution in [0.15, 0.2) is 110 Å². The fraction of sp³-hybridized carbons (Fsp3) is 0.405. The quantitative estimate of drug-likeness (QED) is 0.0968. The largest absolute Gasteiger partial charge is 0.205 e. The minimum Gasteiger partial charge on any atom is -0.205 e. The highest BCUT2D eigenvalue weighted by atomic mass is 14.9. The molecule has 0 N–H and O–H groups in total. The Labute approximate surface area is 238 Å². The molecule has 4 aromatic rings. The minimum atomic E-state index is 0. The molecule has 0 fully saturated rings. The first kappa shape index (κ1) is 30.3. The van der Waals surface area contributed by atoms with Gasteiger partial charge in [0.2, 0.25) is 0 Å². The predicted molar refractivity (Wildman–Crippen MR) is 165 cm³/mol. The van der Waals surface area contributed by atoms with Crippen molar-refractivity contribution in [3.8, 4) is 0 Å². The van der Waals surface area contributed by atoms with Crippen molar-refractivity contribution >= 4 is 0 Å². The number of pyridine rings is 2. The van der Waals surface area contributed by atoms with E-state index < -0.39 is 0 Å². The molecule has 0 spiro atoms. The molecule has 0 aliphatic rings. The van der Waals surface area contributed by atoms with Crippen LogP contribution in [0.1, 0.15) is 93.9 Å². The molecule has 0 atom stereocenters. The summed E-state index contributed by atoms with van der Waals surface area (Å²) in [5, 5.41) is 0. The summed E-state index contributed by atoms with van der Waals surface area (Å²) in [7, 11) is 0. The number of unbranched alkanes of at least 4 members (excludes halogenated alkanes) is 9. The van der Waals surface area contributed by atoms with Crippen molar-refractivity contribution in [2.24, 2.45) is 0 Å². The van der Waals surface area contributed by atoms with Crippen LogP contribution >= 0.6 is 0 Å². The topological polar surface area (TPSA) is 7.76 Å². The van der Waals surface area contributed by atoms with Gasteiger partial charge in [0.1, 0.15) is 13.1 Å². The van der Waals surface area contributed by atoms with Gasteiger partial charge in [-0.05, 0) is 47.9 Å². The summed E-state index contributed by atoms with van der Waals surface area (Å²) in [6, 6.07) is 30.5. The third-order valence-corrected chi connectivity index (χ3v) is 7.51. The predicted octanol–water partition coefficient (Wildman–Crippen LogP) is 8.68. The van der Waals surface area contributed by atoms with Crippen LogP contribution in [0.2, 0.25) is 0 Å². The molecule has 2 aromatic heterocycles. The average molecular weight is 523 g/mol. The highest BCUT2D eigenvalue weighted by Crippen LogP contribution is 2.12. The second-order valence-corrected chi connectivity index (χ2v) is 10.7. The summed E-state index contributed by atoms with van der Waals surface area (Å²) in [4.78, 5) is 0. The van der Waals surface area contributed by atoms with Crippen molar-refractivity contribution in [3.05, 3.63) is 132 Å². The number of hydrogen-bond donors (Lipinski definition) is 0. The molecule has 39 heavy (non-hydrogen) atoms. The van der Waals surface area contributed by atoms with Crippen LogP contribution in [0.25, 0.3) is 0 Å². The highest BCUT2D eigenvalue weighted by molar-refractivity contribution is 5.24. The smallest absolute Gasteiger partial charge is 0.169 e. The Morgan fingerprint density at radius 3 is 0.949 bits per heavy atom. The van der Waals surface area contributed by atoms with Crippen molar-refractivity contribution in [1.82, 2.24) is 0 Å². The normalized spacial score (nSPS) is 10.8. The van der Waals surface area contributed by atoms with Gasteiger partial charge < -0.3 is 0 Å². The Morgan fingerprint density at radius 2 is 0.615 bits per heavy atom. The molecular formula is C37H50N2+2. The van der Waals surface area contributed by atoms with Gasteiger partial charge in [0.05, 0.1) is 0 Å². The highest BCUT2D eigenvalue weighted by Gasteiger charge is 2.04. The van der Waals surface area contributed by atoms with E-state index in [-0.39, 0.29) is 7.43 Å². The minimum absolute atomic E-state index is 0. The molecular weight excluding hydrogens is 472 g/mol. The summed E-state index contributed by atoms with van der Waals surface area (Å²) in [5.74, 6) is 0. The van der Waals surface area contributed by atoms with E-state index in [0.717, 1.165) is 25.9 Å². The number of benzene rings is 2. The first-order chi connectivity index (χ1) is 18.8. The van der Waals surface area contributed by atoms with Gasteiger partial charge in [0.25, 0.3) is 0 Å². The van der Waals surface area contributed by atoms with Crippen LogP contribution in [0, 0.1) is 0 Å². The van der Waals surface area contributed by atoms with Gasteiger partial charge in [-0.2, -0.15) is 0 Å². The van der Waals surface area contributed by atoms with Crippen molar-refractivity contribution in [2.45, 2.75) is 97.6 Å². The molecule has 0 aliphatic carbocycles. The van der Waals surface area contributed by atoms with E-state index in [0.29, 0.717) is 0 Å². The lowest BCUT2D eigenvalue weighted by molar-refractivity contribution is -0.697. The number of nitrogens with zero attached hydrogens (tertiary/aromatic N) is 2. The van der Waals surface area contributed by atoms with Gasteiger partial charge in [-0.15, -0.1) is 0 Å². The number of aryl methyl sites for hydroxylation is 2. The van der Waals surface area contributed by atoms with E-state index >= 15 is 0 Å². The molecule has 2 aromatic carbocycles. The summed E-state index contributed by atoms with van der Waals surface area (Å²) >= 11 is 0. The lowest BCUT2D eigenvalue weighted by atomic mass is 10.1. The fourth-order valence-electron chi connectivity index (χ4n) is 5.18. The van der Waals surface area contributed by atoms with Gasteiger partial charge in [-0.1, -0.05) is 107 Å². The summed E-state index contributed by atoms with van der Waals surface area (Å²) < 4.78 is 4.68. The maximum Gasteiger partial charge on any atom is 0.169 e. The van der Waals surface area contributed by atoms with Gasteiger partial charge >= 0.3 is 0 Å². The Morgan fingerprint density at radius 1 is 0.333 bits per heavy atom. The van der Waals surface area contributed by atoms with Gasteiger partial charge in [0, 0.05) is 37.1 Å². The monoisotopic (exact) mass is 522 g/mol. The number of hydrogen-bond acceptors (Lipinski definition) is 0. The maximum absolute atomic E-state index is 2.34. The van der Waals surface area contributed by atoms with E-state index in [1.54, 1.807) is 0 Å². The summed E-state index contributed by atoms with van der Waals surface area (Å²) in [5.41, 5.74) is 5.54. The molecule has 0 saturated carbocycles. The van der Waals surface area contributed by atoms with E-state index in [1.807, 2.05) is 0 Å². The van der Waals surface area contributed by atoms with Crippen LogP contribution in [-0.4, -0.2) is 0 Å². The van der Waals surface area contributed by atoms with E-state index in [9.17, 15) is 0 Å². The second-order valence-electron chi connectivity index (χ2n) is 10.7. The maximum atomic E-state index is 2.34. The second kappa shape index (κ2) is 18.1. The summed E-state index contributed by atoms with van der Waals surface area (Å²) in [6.07, 6.45) is 24.6. The molecule has 206 valence electrons. The zero-order valence-corrected chi connectivity index (χ0v) is 23.2. The number of rotatable bonds is 17. The van der Waals surface area contributed by atoms with Gasteiger partial charge in [-0.25, -0.2) is 9.13 Å². The average Bonchev–Trinajstić information content (AvgIpc) is 2.96. The molecule has 0 unspecified atom stereocenters. The Balaban J connectivity index is 0.00000420. The standard InChI is InChI=1S/C36H46N2.CH4/c1(3-5-7-15-25-37-27-21-35(22-28-37)31-33-17-11-9-12-18-33)2-4-6-8-16-26-38-29-23-36(24-30-38)32-34-19-13-10-14-20-34;/h9-14,17-24,27-30H,1-8,15-16,25-26,31-32H2;1H4/q+2;. The molecule has 0 amide bonds. The first-order valence-corrected chi connectivity index (χ1v) is 14.9. The van der Waals surface area contributed by atoms with E-state index in [4.69, 9.17) is 0 Å². The molecule has 2 nitrogen and oxygen atoms in total. The van der Waals surface area contributed by atoms with Crippen molar-refractivity contribution < 1.29 is 9.13 Å². The van der Waals surface area contributed by atoms with Crippen LogP contribution in [-0.2, 0) is 25.9 Å². The fourth-order valence-corrected chi connectivity index (χ4v) is 5.18. The lowest BCUT2D eigenvalue weighted by Crippen LogP contribution is -2.32. The first-order valence-electron chi connectivity index (χ1n) is 14.9. The molecule has 0 aliphatic heterocycles. The van der Waals surface area contributed by atoms with Gasteiger partial charge in [0.15, 0.2) is 24.8 Å². The SMILES string of the molecule is C.c1ccc(Cc2cc[n+](CCCCCCCCCCCC[n+]3ccc(Cc4ccccc4)cc3)cc2)cc1. The van der Waals surface area contributed by atoms with Crippen LogP contribution in [0.3, 0.4) is 0 Å². The Hall–Kier alpha value is -3.26. The Bertz CT molecular complexity index is 1040. The molecule has 0 radical (unpaired) electrons. The van der Waals surface area contributed by atoms with Crippen molar-refractivity contribution in [1.29, 1.82) is 0 Å². The molecule has 2 heteroatoms. The van der Waals surface area contributed by atoms with Crippen molar-refractivity contribution in [2.75, 3.05) is 0 Å². The van der Waals surface area contributed by atoms with Crippen LogP contribution < -0.4 is 9.13 Å². The van der Waals surface area contributed by atoms with Gasteiger partial charge in [-0.3, -0.25) is 0 Å². The molecule has 4 rings (SSSR count). The van der Waals surface area contributed by atoms with E-state index in [2.05, 4.69) is 119 Å². The summed E-state index contributed by atoms with van der Waals surface area (Å²) in [6.45, 7) is 2.28. The third kappa shape index (κ3) is 12.0. The molecule has 2 heterocycles. The number of aromatic nitrogens is 2. The lowest BCUT2D eigenvalue weighted by Gasteiger charge is -2.03. The third-order valence-electron chi connectivity index (χ3n) is 7.51. The molecule has 0 saturated heterocycles. The van der Waals surface area contributed by atoms with E-state index in [1.165, 1.54) is 86.5 Å². The molecule has 0 bridgehead atoms. The van der Waals surface area contributed by atoms with Crippen LogP contribution in [0.4, 0.5) is 0 Å². The van der Waals surface area contributed by atoms with Crippen LogP contribution in [0.5, 0.6) is 0 Å². The van der Waals surface area contributed by atoms with Crippen molar-refractivity contribution in [3.63, 3.8) is 0 Å². The Kier molecular flexibility index (Phi) is 14.1. The zero-order valence-electron chi connectivity index (χ0n) is 23.2. The zero-order chi connectivity index (χ0) is 26.1.